The Labute approximate surface area is 184 Å². The van der Waals surface area contributed by atoms with E-state index in [2.05, 4.69) is 36.2 Å². The molecule has 32 heavy (non-hydrogen) atoms. The Hall–Kier alpha value is -4.06. The second-order valence-electron chi connectivity index (χ2n) is 7.27. The first-order valence-electron chi connectivity index (χ1n) is 9.82. The van der Waals surface area contributed by atoms with Crippen LogP contribution in [0.15, 0.2) is 30.6 Å². The molecule has 0 spiro atoms. The van der Waals surface area contributed by atoms with Gasteiger partial charge in [0.1, 0.15) is 12.4 Å². The Balaban J connectivity index is 1.70. The van der Waals surface area contributed by atoms with Crippen LogP contribution >= 0.6 is 0 Å². The van der Waals surface area contributed by atoms with E-state index in [1.807, 2.05) is 24.1 Å². The molecule has 2 amide bonds. The minimum Gasteiger partial charge on any atom is -0.494 e. The number of nitrogens with zero attached hydrogens (tertiary/aromatic N) is 6. The molecule has 1 saturated heterocycles. The van der Waals surface area contributed by atoms with Crippen LogP contribution in [0.1, 0.15) is 10.5 Å². The maximum absolute atomic E-state index is 12.4. The minimum atomic E-state index is -0.429. The van der Waals surface area contributed by atoms with E-state index in [0.29, 0.717) is 35.1 Å². The number of hydrogen-bond donors (Lipinski definition) is 3. The fraction of sp³-hybridized carbons (Fsp3) is 0.300. The van der Waals surface area contributed by atoms with Gasteiger partial charge < -0.3 is 20.7 Å². The zero-order valence-corrected chi connectivity index (χ0v) is 18.1. The summed E-state index contributed by atoms with van der Waals surface area (Å²) in [6.07, 6.45) is 1.59. The molecule has 3 N–H and O–H groups in total. The molecule has 0 aliphatic carbocycles. The van der Waals surface area contributed by atoms with E-state index >= 15 is 0 Å². The molecular formula is C20H23N9O3. The molecule has 3 heterocycles. The fourth-order valence-electron chi connectivity index (χ4n) is 3.19. The first-order chi connectivity index (χ1) is 15.4. The Morgan fingerprint density at radius 3 is 2.59 bits per heavy atom. The van der Waals surface area contributed by atoms with Crippen LogP contribution in [0.2, 0.25) is 0 Å². The van der Waals surface area contributed by atoms with Gasteiger partial charge in [-0.3, -0.25) is 19.2 Å². The maximum atomic E-state index is 12.4. The van der Waals surface area contributed by atoms with Crippen molar-refractivity contribution in [3.05, 3.63) is 36.3 Å². The van der Waals surface area contributed by atoms with Gasteiger partial charge in [0.25, 0.3) is 5.91 Å². The number of amides is 2. The summed E-state index contributed by atoms with van der Waals surface area (Å²) in [5.74, 6) is 0.604. The second-order valence-corrected chi connectivity index (χ2v) is 7.27. The molecule has 1 fully saturated rings. The van der Waals surface area contributed by atoms with Gasteiger partial charge in [-0.2, -0.15) is 5.10 Å². The van der Waals surface area contributed by atoms with E-state index < -0.39 is 5.91 Å². The molecule has 1 aliphatic rings. The molecule has 1 aliphatic heterocycles. The summed E-state index contributed by atoms with van der Waals surface area (Å²) in [6, 6.07) is 6.81. The van der Waals surface area contributed by atoms with Crippen molar-refractivity contribution in [2.75, 3.05) is 38.4 Å². The molecule has 4 rings (SSSR count). The lowest BCUT2D eigenvalue weighted by Gasteiger charge is -2.16. The van der Waals surface area contributed by atoms with Crippen molar-refractivity contribution in [1.29, 1.82) is 0 Å². The third-order valence-electron chi connectivity index (χ3n) is 4.98. The van der Waals surface area contributed by atoms with Crippen molar-refractivity contribution in [2.45, 2.75) is 6.04 Å². The minimum absolute atomic E-state index is 0.0671. The molecule has 3 aromatic rings. The van der Waals surface area contributed by atoms with Gasteiger partial charge in [-0.05, 0) is 19.2 Å². The van der Waals surface area contributed by atoms with Gasteiger partial charge in [-0.25, -0.2) is 4.98 Å². The Kier molecular flexibility index (Phi) is 5.69. The van der Waals surface area contributed by atoms with Crippen LogP contribution in [0.25, 0.3) is 11.4 Å². The monoisotopic (exact) mass is 437 g/mol. The molecule has 2 aromatic heterocycles. The van der Waals surface area contributed by atoms with Crippen LogP contribution in [-0.4, -0.2) is 75.5 Å². The van der Waals surface area contributed by atoms with Gasteiger partial charge in [0.05, 0.1) is 24.0 Å². The van der Waals surface area contributed by atoms with E-state index in [0.717, 1.165) is 0 Å². The summed E-state index contributed by atoms with van der Waals surface area (Å²) in [7, 11) is 6.67. The number of likely N-dealkylation sites (N-methyl/N-ethyl adjacent to an activating group) is 1. The highest BCUT2D eigenvalue weighted by molar-refractivity contribution is 6.00. The number of methoxy groups -OCH3 is 1. The number of nitrogens with one attached hydrogen (secondary N) is 3. The number of carbonyl (C=O) groups excluding carboxylic acids is 2. The summed E-state index contributed by atoms with van der Waals surface area (Å²) < 4.78 is 7.22. The molecular weight excluding hydrogens is 414 g/mol. The molecule has 12 nitrogen and oxygen atoms in total. The number of carbonyl (C=O) groups is 2. The number of ether oxygens (including phenoxy) is 1. The Morgan fingerprint density at radius 1 is 1.19 bits per heavy atom. The third-order valence-corrected chi connectivity index (χ3v) is 4.98. The first-order valence-corrected chi connectivity index (χ1v) is 9.82. The van der Waals surface area contributed by atoms with Crippen LogP contribution in [0.4, 0.5) is 17.2 Å². The van der Waals surface area contributed by atoms with Gasteiger partial charge in [0.15, 0.2) is 23.1 Å². The van der Waals surface area contributed by atoms with Crippen molar-refractivity contribution >= 4 is 29.0 Å². The predicted octanol–water partition coefficient (Wildman–Crippen LogP) is 0.636. The number of para-hydroxylation sites is 1. The SMILES string of the molecule is CNC(=O)c1nnc(NC(=O)C2CN2C)cc1Nc1cccc(-c2ncn(C)n2)c1OC. The van der Waals surface area contributed by atoms with Crippen molar-refractivity contribution < 1.29 is 14.3 Å². The largest absolute Gasteiger partial charge is 0.494 e. The maximum Gasteiger partial charge on any atom is 0.273 e. The second kappa shape index (κ2) is 8.59. The highest BCUT2D eigenvalue weighted by Crippen LogP contribution is 2.37. The molecule has 166 valence electrons. The van der Waals surface area contributed by atoms with Gasteiger partial charge in [0, 0.05) is 26.7 Å². The van der Waals surface area contributed by atoms with E-state index in [9.17, 15) is 9.59 Å². The summed E-state index contributed by atoms with van der Waals surface area (Å²) >= 11 is 0. The van der Waals surface area contributed by atoms with Crippen LogP contribution in [0.3, 0.4) is 0 Å². The predicted molar refractivity (Wildman–Crippen MR) is 117 cm³/mol. The molecule has 0 radical (unpaired) electrons. The lowest BCUT2D eigenvalue weighted by Crippen LogP contribution is -2.24. The van der Waals surface area contributed by atoms with Crippen LogP contribution < -0.4 is 20.7 Å². The first kappa shape index (κ1) is 21.2. The summed E-state index contributed by atoms with van der Waals surface area (Å²) in [6.45, 7) is 0.687. The Morgan fingerprint density at radius 2 is 1.97 bits per heavy atom. The lowest BCUT2D eigenvalue weighted by molar-refractivity contribution is -0.116. The summed E-state index contributed by atoms with van der Waals surface area (Å²) in [5.41, 5.74) is 1.66. The third kappa shape index (κ3) is 4.21. The van der Waals surface area contributed by atoms with Crippen molar-refractivity contribution in [3.8, 4) is 17.1 Å². The van der Waals surface area contributed by atoms with Gasteiger partial charge in [0.2, 0.25) is 5.91 Å². The number of aromatic nitrogens is 5. The zero-order chi connectivity index (χ0) is 22.8. The molecule has 1 aromatic carbocycles. The topological polar surface area (TPSA) is 139 Å². The van der Waals surface area contributed by atoms with Crippen LogP contribution in [0.5, 0.6) is 5.75 Å². The standard InChI is InChI=1S/C20H23N9O3/c1-21-20(31)16-13(8-15(25-26-16)24-19(30)14-9-28(14)2)23-12-7-5-6-11(17(12)32-4)18-22-10-29(3)27-18/h5-8,10,14H,9H2,1-4H3,(H,21,31)(H2,23,24,25,30). The van der Waals surface area contributed by atoms with Crippen LogP contribution in [-0.2, 0) is 11.8 Å². The van der Waals surface area contributed by atoms with Crippen molar-refractivity contribution in [3.63, 3.8) is 0 Å². The quantitative estimate of drug-likeness (QED) is 0.454. The highest BCUT2D eigenvalue weighted by atomic mass is 16.5. The van der Waals surface area contributed by atoms with E-state index in [1.54, 1.807) is 30.2 Å². The van der Waals surface area contributed by atoms with Crippen molar-refractivity contribution in [2.24, 2.45) is 7.05 Å². The molecule has 0 saturated carbocycles. The van der Waals surface area contributed by atoms with Gasteiger partial charge in [-0.1, -0.05) is 6.07 Å². The van der Waals surface area contributed by atoms with E-state index in [-0.39, 0.29) is 23.5 Å². The number of rotatable bonds is 7. The molecule has 0 bridgehead atoms. The van der Waals surface area contributed by atoms with Gasteiger partial charge >= 0.3 is 0 Å². The number of aryl methyl sites for hydroxylation is 1. The van der Waals surface area contributed by atoms with Crippen LogP contribution in [0, 0.1) is 0 Å². The molecule has 2 atom stereocenters. The number of benzene rings is 1. The van der Waals surface area contributed by atoms with Crippen molar-refractivity contribution in [1.82, 2.24) is 35.2 Å². The van der Waals surface area contributed by atoms with E-state index in [1.165, 1.54) is 14.2 Å². The average Bonchev–Trinajstić information content (AvgIpc) is 3.37. The number of hydrogen-bond acceptors (Lipinski definition) is 9. The highest BCUT2D eigenvalue weighted by Gasteiger charge is 2.37. The Bertz CT molecular complexity index is 1180. The zero-order valence-electron chi connectivity index (χ0n) is 18.1. The summed E-state index contributed by atoms with van der Waals surface area (Å²) in [4.78, 5) is 30.8. The fourth-order valence-corrected chi connectivity index (χ4v) is 3.19. The normalized spacial score (nSPS) is 16.9. The summed E-state index contributed by atoms with van der Waals surface area (Å²) in [5, 5.41) is 20.8. The number of anilines is 3. The van der Waals surface area contributed by atoms with Gasteiger partial charge in [-0.15, -0.1) is 10.2 Å². The average molecular weight is 437 g/mol. The lowest BCUT2D eigenvalue weighted by atomic mass is 10.1. The smallest absolute Gasteiger partial charge is 0.273 e. The molecule has 12 heteroatoms. The van der Waals surface area contributed by atoms with E-state index in [4.69, 9.17) is 4.74 Å². The molecule has 2 unspecified atom stereocenters.